The van der Waals surface area contributed by atoms with Crippen molar-refractivity contribution < 1.29 is 4.74 Å². The first-order valence-electron chi connectivity index (χ1n) is 7.13. The third-order valence-electron chi connectivity index (χ3n) is 3.59. The van der Waals surface area contributed by atoms with E-state index in [-0.39, 0.29) is 0 Å². The van der Waals surface area contributed by atoms with Crippen LogP contribution >= 0.6 is 0 Å². The zero-order chi connectivity index (χ0) is 13.0. The van der Waals surface area contributed by atoms with Gasteiger partial charge in [-0.05, 0) is 42.9 Å². The highest BCUT2D eigenvalue weighted by atomic mass is 16.5. The van der Waals surface area contributed by atoms with Crippen LogP contribution in [0.25, 0.3) is 0 Å². The molecule has 0 spiro atoms. The first-order chi connectivity index (χ1) is 8.65. The van der Waals surface area contributed by atoms with Crippen molar-refractivity contribution in [3.63, 3.8) is 0 Å². The number of hydrogen-bond donors (Lipinski definition) is 1. The van der Waals surface area contributed by atoms with E-state index in [2.05, 4.69) is 44.3 Å². The summed E-state index contributed by atoms with van der Waals surface area (Å²) in [5.41, 5.74) is 2.74. The van der Waals surface area contributed by atoms with Crippen molar-refractivity contribution in [2.75, 3.05) is 6.61 Å². The summed E-state index contributed by atoms with van der Waals surface area (Å²) in [6.07, 6.45) is 3.62. The third kappa shape index (κ3) is 3.74. The van der Waals surface area contributed by atoms with Gasteiger partial charge in [0.2, 0.25) is 0 Å². The van der Waals surface area contributed by atoms with Crippen LogP contribution in [-0.2, 0) is 13.0 Å². The largest absolute Gasteiger partial charge is 0.493 e. The van der Waals surface area contributed by atoms with Crippen LogP contribution in [0.5, 0.6) is 5.75 Å². The Morgan fingerprint density at radius 2 is 2.06 bits per heavy atom. The Kier molecular flexibility index (Phi) is 4.65. The second kappa shape index (κ2) is 6.24. The molecule has 1 aliphatic rings. The van der Waals surface area contributed by atoms with Crippen molar-refractivity contribution in [1.82, 2.24) is 5.32 Å². The van der Waals surface area contributed by atoms with Crippen LogP contribution in [0.1, 0.15) is 44.7 Å². The number of nitrogens with one attached hydrogen (secondary N) is 1. The van der Waals surface area contributed by atoms with Crippen LogP contribution in [0.2, 0.25) is 0 Å². The lowest BCUT2D eigenvalue weighted by atomic mass is 10.0. The molecule has 2 nitrogen and oxygen atoms in total. The maximum atomic E-state index is 5.52. The fraction of sp³-hybridized carbons (Fsp3) is 0.625. The number of benzene rings is 1. The predicted molar refractivity (Wildman–Crippen MR) is 76.0 cm³/mol. The number of hydrogen-bond acceptors (Lipinski definition) is 2. The Bertz CT molecular complexity index is 387. The molecule has 0 radical (unpaired) electrons. The highest BCUT2D eigenvalue weighted by Crippen LogP contribution is 2.25. The summed E-state index contributed by atoms with van der Waals surface area (Å²) >= 11 is 0. The van der Waals surface area contributed by atoms with Crippen molar-refractivity contribution in [2.24, 2.45) is 5.92 Å². The second-order valence-electron chi connectivity index (χ2n) is 5.79. The minimum atomic E-state index is 0.594. The topological polar surface area (TPSA) is 21.3 Å². The van der Waals surface area contributed by atoms with Gasteiger partial charge < -0.3 is 10.1 Å². The molecular formula is C16H25NO. The molecule has 1 aromatic rings. The average molecular weight is 247 g/mol. The van der Waals surface area contributed by atoms with Gasteiger partial charge in [0, 0.05) is 19.0 Å². The van der Waals surface area contributed by atoms with Gasteiger partial charge in [0.25, 0.3) is 0 Å². The smallest absolute Gasteiger partial charge is 0.122 e. The second-order valence-corrected chi connectivity index (χ2v) is 5.79. The van der Waals surface area contributed by atoms with Crippen molar-refractivity contribution in [3.05, 3.63) is 29.3 Å². The predicted octanol–water partition coefficient (Wildman–Crippen LogP) is 3.54. The molecule has 0 amide bonds. The van der Waals surface area contributed by atoms with E-state index in [0.29, 0.717) is 6.04 Å². The Morgan fingerprint density at radius 3 is 2.83 bits per heavy atom. The summed E-state index contributed by atoms with van der Waals surface area (Å²) in [5, 5.41) is 3.60. The summed E-state index contributed by atoms with van der Waals surface area (Å²) in [6.45, 7) is 8.66. The lowest BCUT2D eigenvalue weighted by Gasteiger charge is -2.15. The van der Waals surface area contributed by atoms with Gasteiger partial charge in [0.15, 0.2) is 0 Å². The Morgan fingerprint density at radius 1 is 1.22 bits per heavy atom. The summed E-state index contributed by atoms with van der Waals surface area (Å²) in [4.78, 5) is 0. The van der Waals surface area contributed by atoms with E-state index in [9.17, 15) is 0 Å². The molecule has 0 fully saturated rings. The Labute approximate surface area is 111 Å². The molecule has 1 aliphatic heterocycles. The van der Waals surface area contributed by atoms with Crippen molar-refractivity contribution >= 4 is 0 Å². The van der Waals surface area contributed by atoms with Crippen LogP contribution < -0.4 is 10.1 Å². The van der Waals surface area contributed by atoms with Crippen LogP contribution in [0, 0.1) is 5.92 Å². The first-order valence-corrected chi connectivity index (χ1v) is 7.13. The van der Waals surface area contributed by atoms with Crippen molar-refractivity contribution in [3.8, 4) is 5.75 Å². The molecule has 0 saturated carbocycles. The maximum absolute atomic E-state index is 5.52. The van der Waals surface area contributed by atoms with Gasteiger partial charge in [-0.15, -0.1) is 0 Å². The van der Waals surface area contributed by atoms with E-state index < -0.39 is 0 Å². The number of rotatable bonds is 6. The molecule has 2 rings (SSSR count). The molecule has 2 heteroatoms. The fourth-order valence-corrected chi connectivity index (χ4v) is 2.33. The Hall–Kier alpha value is -1.02. The van der Waals surface area contributed by atoms with Crippen molar-refractivity contribution in [1.29, 1.82) is 0 Å². The normalized spacial score (nSPS) is 15.6. The molecule has 0 bridgehead atoms. The van der Waals surface area contributed by atoms with Gasteiger partial charge in [-0.1, -0.05) is 26.0 Å². The van der Waals surface area contributed by atoms with Crippen LogP contribution in [0.4, 0.5) is 0 Å². The molecule has 1 atom stereocenters. The molecule has 1 unspecified atom stereocenters. The highest BCUT2D eigenvalue weighted by molar-refractivity contribution is 5.39. The zero-order valence-corrected chi connectivity index (χ0v) is 11.8. The van der Waals surface area contributed by atoms with E-state index >= 15 is 0 Å². The Balaban J connectivity index is 1.79. The van der Waals surface area contributed by atoms with Gasteiger partial charge in [-0.3, -0.25) is 0 Å². The molecule has 1 heterocycles. The van der Waals surface area contributed by atoms with Gasteiger partial charge in [-0.25, -0.2) is 0 Å². The van der Waals surface area contributed by atoms with Gasteiger partial charge >= 0.3 is 0 Å². The minimum absolute atomic E-state index is 0.594. The average Bonchev–Trinajstić information content (AvgIpc) is 2.81. The van der Waals surface area contributed by atoms with Crippen LogP contribution in [0.3, 0.4) is 0 Å². The molecule has 1 N–H and O–H groups in total. The summed E-state index contributed by atoms with van der Waals surface area (Å²) < 4.78 is 5.52. The summed E-state index contributed by atoms with van der Waals surface area (Å²) in [7, 11) is 0. The quantitative estimate of drug-likeness (QED) is 0.830. The molecule has 0 aliphatic carbocycles. The monoisotopic (exact) mass is 247 g/mol. The minimum Gasteiger partial charge on any atom is -0.493 e. The molecular weight excluding hydrogens is 222 g/mol. The fourth-order valence-electron chi connectivity index (χ4n) is 2.33. The molecule has 18 heavy (non-hydrogen) atoms. The van der Waals surface area contributed by atoms with Gasteiger partial charge in [0.1, 0.15) is 5.75 Å². The number of ether oxygens (including phenoxy) is 1. The summed E-state index contributed by atoms with van der Waals surface area (Å²) in [5.74, 6) is 1.87. The summed E-state index contributed by atoms with van der Waals surface area (Å²) in [6, 6.07) is 7.16. The van der Waals surface area contributed by atoms with E-state index in [0.717, 1.165) is 31.2 Å². The standard InChI is InChI=1S/C16H25NO/c1-12(2)4-5-13(3)17-11-14-6-7-16-15(10-14)8-9-18-16/h6-7,10,12-13,17H,4-5,8-9,11H2,1-3H3. The van der Waals surface area contributed by atoms with Gasteiger partial charge in [-0.2, -0.15) is 0 Å². The SMILES string of the molecule is CC(C)CCC(C)NCc1ccc2c(c1)CCO2. The number of fused-ring (bicyclic) bond motifs is 1. The molecule has 100 valence electrons. The molecule has 0 saturated heterocycles. The van der Waals surface area contributed by atoms with Crippen LogP contribution in [0.15, 0.2) is 18.2 Å². The van der Waals surface area contributed by atoms with Gasteiger partial charge in [0.05, 0.1) is 6.61 Å². The third-order valence-corrected chi connectivity index (χ3v) is 3.59. The van der Waals surface area contributed by atoms with Crippen LogP contribution in [-0.4, -0.2) is 12.6 Å². The van der Waals surface area contributed by atoms with E-state index in [4.69, 9.17) is 4.74 Å². The maximum Gasteiger partial charge on any atom is 0.122 e. The molecule has 1 aromatic carbocycles. The van der Waals surface area contributed by atoms with Crippen molar-refractivity contribution in [2.45, 2.75) is 52.6 Å². The van der Waals surface area contributed by atoms with E-state index in [1.807, 2.05) is 0 Å². The zero-order valence-electron chi connectivity index (χ0n) is 11.8. The highest BCUT2D eigenvalue weighted by Gasteiger charge is 2.12. The molecule has 0 aromatic heterocycles. The van der Waals surface area contributed by atoms with E-state index in [1.165, 1.54) is 24.0 Å². The van der Waals surface area contributed by atoms with E-state index in [1.54, 1.807) is 0 Å². The lowest BCUT2D eigenvalue weighted by Crippen LogP contribution is -2.25. The first kappa shape index (κ1) is 13.4. The lowest BCUT2D eigenvalue weighted by molar-refractivity contribution is 0.357.